The van der Waals surface area contributed by atoms with Crippen LogP contribution in [0.4, 0.5) is 0 Å². The van der Waals surface area contributed by atoms with Crippen LogP contribution in [0.1, 0.15) is 26.2 Å². The number of halogens is 4. The summed E-state index contributed by atoms with van der Waals surface area (Å²) in [7, 11) is 0. The maximum Gasteiger partial charge on any atom is 0.149 e. The summed E-state index contributed by atoms with van der Waals surface area (Å²) < 4.78 is -2.51. The summed E-state index contributed by atoms with van der Waals surface area (Å²) in [4.78, 5) is 0. The first kappa shape index (κ1) is 11.2. The van der Waals surface area contributed by atoms with Gasteiger partial charge in [-0.25, -0.2) is 0 Å². The molecule has 1 saturated carbocycles. The second-order valence-corrected chi connectivity index (χ2v) is 6.30. The van der Waals surface area contributed by atoms with E-state index in [-0.39, 0.29) is 0 Å². The van der Waals surface area contributed by atoms with Crippen LogP contribution in [0.2, 0.25) is 0 Å². The van der Waals surface area contributed by atoms with E-state index < -0.39 is 14.3 Å². The zero-order valence-corrected chi connectivity index (χ0v) is 9.60. The molecule has 12 heavy (non-hydrogen) atoms. The molecule has 0 saturated heterocycles. The Labute approximate surface area is 91.9 Å². The molecule has 0 atom stereocenters. The average Bonchev–Trinajstić information content (AvgIpc) is 1.83. The molecule has 1 aliphatic carbocycles. The highest BCUT2D eigenvalue weighted by Crippen LogP contribution is 2.54. The Hall–Kier alpha value is 1.12. The molecular formula is C7H10Cl4O. The Morgan fingerprint density at radius 1 is 1.00 bits per heavy atom. The molecule has 1 nitrogen and oxygen atoms in total. The predicted molar refractivity (Wildman–Crippen MR) is 53.3 cm³/mol. The summed E-state index contributed by atoms with van der Waals surface area (Å²) in [5.41, 5.74) is -1.47. The number of hydrogen-bond donors (Lipinski definition) is 1. The van der Waals surface area contributed by atoms with Crippen molar-refractivity contribution in [1.82, 2.24) is 0 Å². The first-order valence-corrected chi connectivity index (χ1v) is 5.20. The number of alkyl halides is 4. The van der Waals surface area contributed by atoms with E-state index in [1.165, 1.54) is 6.92 Å². The topological polar surface area (TPSA) is 20.2 Å². The van der Waals surface area contributed by atoms with Gasteiger partial charge in [-0.05, 0) is 26.2 Å². The quantitative estimate of drug-likeness (QED) is 0.656. The van der Waals surface area contributed by atoms with Crippen LogP contribution < -0.4 is 0 Å². The molecule has 1 rings (SSSR count). The molecule has 0 unspecified atom stereocenters. The van der Waals surface area contributed by atoms with Crippen molar-refractivity contribution in [1.29, 1.82) is 0 Å². The third kappa shape index (κ3) is 1.55. The van der Waals surface area contributed by atoms with Gasteiger partial charge in [0, 0.05) is 0 Å². The lowest BCUT2D eigenvalue weighted by atomic mass is 9.84. The minimum Gasteiger partial charge on any atom is -0.384 e. The van der Waals surface area contributed by atoms with E-state index >= 15 is 0 Å². The largest absolute Gasteiger partial charge is 0.384 e. The van der Waals surface area contributed by atoms with Crippen LogP contribution in [-0.2, 0) is 0 Å². The molecule has 0 amide bonds. The Morgan fingerprint density at radius 2 is 1.33 bits per heavy atom. The van der Waals surface area contributed by atoms with Gasteiger partial charge in [0.15, 0.2) is 0 Å². The van der Waals surface area contributed by atoms with Gasteiger partial charge in [-0.3, -0.25) is 0 Å². The first-order chi connectivity index (χ1) is 5.21. The van der Waals surface area contributed by atoms with Crippen molar-refractivity contribution in [3.05, 3.63) is 0 Å². The SMILES string of the molecule is CC1(O)C(Cl)(Cl)CCCC1(Cl)Cl. The van der Waals surface area contributed by atoms with Crippen molar-refractivity contribution in [2.75, 3.05) is 0 Å². The lowest BCUT2D eigenvalue weighted by Crippen LogP contribution is -2.58. The minimum atomic E-state index is -1.47. The highest BCUT2D eigenvalue weighted by atomic mass is 35.5. The van der Waals surface area contributed by atoms with E-state index in [9.17, 15) is 5.11 Å². The molecule has 1 fully saturated rings. The Bertz CT molecular complexity index is 170. The zero-order chi connectivity index (χ0) is 9.62. The number of aliphatic hydroxyl groups is 1. The summed E-state index contributed by atoms with van der Waals surface area (Å²) in [5.74, 6) is 0. The van der Waals surface area contributed by atoms with Gasteiger partial charge >= 0.3 is 0 Å². The van der Waals surface area contributed by atoms with Crippen LogP contribution >= 0.6 is 46.4 Å². The van der Waals surface area contributed by atoms with Crippen LogP contribution in [0.25, 0.3) is 0 Å². The maximum absolute atomic E-state index is 9.90. The molecule has 5 heteroatoms. The fourth-order valence-electron chi connectivity index (χ4n) is 1.29. The van der Waals surface area contributed by atoms with Crippen LogP contribution in [0, 0.1) is 0 Å². The predicted octanol–water partition coefficient (Wildman–Crippen LogP) is 3.27. The van der Waals surface area contributed by atoms with Gasteiger partial charge in [-0.1, -0.05) is 46.4 Å². The summed E-state index contributed by atoms with van der Waals surface area (Å²) >= 11 is 23.6. The fourth-order valence-corrected chi connectivity index (χ4v) is 2.66. The van der Waals surface area contributed by atoms with Crippen molar-refractivity contribution >= 4 is 46.4 Å². The highest BCUT2D eigenvalue weighted by Gasteiger charge is 2.59. The molecule has 72 valence electrons. The van der Waals surface area contributed by atoms with E-state index in [1.54, 1.807) is 0 Å². The van der Waals surface area contributed by atoms with Crippen molar-refractivity contribution in [3.8, 4) is 0 Å². The smallest absolute Gasteiger partial charge is 0.149 e. The summed E-state index contributed by atoms with van der Waals surface area (Å²) in [5, 5.41) is 9.90. The standard InChI is InChI=1S/C7H10Cl4O/c1-5(12)6(8,9)3-2-4-7(5,10)11/h12H,2-4H2,1H3. The lowest BCUT2D eigenvalue weighted by molar-refractivity contribution is 0.00343. The normalized spacial score (nSPS) is 31.5. The van der Waals surface area contributed by atoms with Gasteiger partial charge in [-0.2, -0.15) is 0 Å². The third-order valence-corrected chi connectivity index (χ3v) is 4.63. The van der Waals surface area contributed by atoms with Gasteiger partial charge in [0.05, 0.1) is 0 Å². The molecule has 0 spiro atoms. The number of rotatable bonds is 0. The van der Waals surface area contributed by atoms with Crippen molar-refractivity contribution in [3.63, 3.8) is 0 Å². The van der Waals surface area contributed by atoms with Gasteiger partial charge in [0.25, 0.3) is 0 Å². The van der Waals surface area contributed by atoms with Gasteiger partial charge in [0.2, 0.25) is 0 Å². The molecule has 0 aliphatic heterocycles. The third-order valence-electron chi connectivity index (χ3n) is 2.41. The van der Waals surface area contributed by atoms with E-state index in [0.29, 0.717) is 12.8 Å². The van der Waals surface area contributed by atoms with Crippen molar-refractivity contribution in [2.24, 2.45) is 0 Å². The highest BCUT2D eigenvalue weighted by molar-refractivity contribution is 6.54. The molecule has 0 bridgehead atoms. The van der Waals surface area contributed by atoms with Gasteiger partial charge in [-0.15, -0.1) is 0 Å². The van der Waals surface area contributed by atoms with Crippen LogP contribution in [0.5, 0.6) is 0 Å². The van der Waals surface area contributed by atoms with E-state index in [1.807, 2.05) is 0 Å². The fraction of sp³-hybridized carbons (Fsp3) is 1.00. The zero-order valence-electron chi connectivity index (χ0n) is 6.58. The summed E-state index contributed by atoms with van der Waals surface area (Å²) in [6.45, 7) is 1.46. The van der Waals surface area contributed by atoms with Crippen molar-refractivity contribution < 1.29 is 5.11 Å². The van der Waals surface area contributed by atoms with Gasteiger partial charge in [0.1, 0.15) is 14.3 Å². The second kappa shape index (κ2) is 3.06. The monoisotopic (exact) mass is 250 g/mol. The summed E-state index contributed by atoms with van der Waals surface area (Å²) in [6.07, 6.45) is 1.73. The molecule has 0 radical (unpaired) electrons. The Kier molecular flexibility index (Phi) is 2.86. The first-order valence-electron chi connectivity index (χ1n) is 3.69. The minimum absolute atomic E-state index is 0.504. The molecule has 1 aliphatic rings. The maximum atomic E-state index is 9.90. The molecule has 1 N–H and O–H groups in total. The van der Waals surface area contributed by atoms with Crippen LogP contribution in [0.3, 0.4) is 0 Å². The molecule has 0 aromatic heterocycles. The van der Waals surface area contributed by atoms with E-state index in [0.717, 1.165) is 6.42 Å². The molecule has 0 heterocycles. The number of hydrogen-bond acceptors (Lipinski definition) is 1. The average molecular weight is 252 g/mol. The van der Waals surface area contributed by atoms with Crippen molar-refractivity contribution in [2.45, 2.75) is 40.5 Å². The van der Waals surface area contributed by atoms with Crippen LogP contribution in [-0.4, -0.2) is 19.4 Å². The summed E-state index contributed by atoms with van der Waals surface area (Å²) in [6, 6.07) is 0. The van der Waals surface area contributed by atoms with E-state index in [2.05, 4.69) is 0 Å². The van der Waals surface area contributed by atoms with Gasteiger partial charge < -0.3 is 5.11 Å². The lowest BCUT2D eigenvalue weighted by Gasteiger charge is -2.47. The molecule has 0 aromatic rings. The van der Waals surface area contributed by atoms with Crippen LogP contribution in [0.15, 0.2) is 0 Å². The Morgan fingerprint density at radius 3 is 1.58 bits per heavy atom. The molecule has 0 aromatic carbocycles. The second-order valence-electron chi connectivity index (χ2n) is 3.33. The molecular weight excluding hydrogens is 242 g/mol. The van der Waals surface area contributed by atoms with E-state index in [4.69, 9.17) is 46.4 Å². The Balaban J connectivity index is 2.99.